The number of rotatable bonds is 9. The van der Waals surface area contributed by atoms with Crippen molar-refractivity contribution in [2.75, 3.05) is 31.6 Å². The maximum absolute atomic E-state index is 12.6. The van der Waals surface area contributed by atoms with E-state index in [1.54, 1.807) is 23.0 Å². The van der Waals surface area contributed by atoms with Crippen LogP contribution in [0.1, 0.15) is 56.1 Å². The van der Waals surface area contributed by atoms with Crippen molar-refractivity contribution in [3.8, 4) is 11.5 Å². The smallest absolute Gasteiger partial charge is 0.277 e. The SMILES string of the molecule is CCCOc1ccc(NC(=O)c2cn(C3CCNCC3)nn2)cc1OCCC.Cl. The first-order chi connectivity index (χ1) is 13.7. The van der Waals surface area contributed by atoms with Gasteiger partial charge in [0.25, 0.3) is 5.91 Å². The Morgan fingerprint density at radius 2 is 1.86 bits per heavy atom. The zero-order valence-electron chi connectivity index (χ0n) is 17.0. The lowest BCUT2D eigenvalue weighted by molar-refractivity contribution is 0.102. The van der Waals surface area contributed by atoms with Crippen molar-refractivity contribution in [1.29, 1.82) is 0 Å². The van der Waals surface area contributed by atoms with Crippen LogP contribution in [0.4, 0.5) is 5.69 Å². The Balaban J connectivity index is 0.00000300. The average Bonchev–Trinajstić information content (AvgIpc) is 3.22. The van der Waals surface area contributed by atoms with E-state index in [1.807, 2.05) is 13.0 Å². The molecule has 1 amide bonds. The summed E-state index contributed by atoms with van der Waals surface area (Å²) < 4.78 is 13.3. The average molecular weight is 424 g/mol. The summed E-state index contributed by atoms with van der Waals surface area (Å²) in [6, 6.07) is 5.70. The van der Waals surface area contributed by atoms with Crippen LogP contribution in [0.25, 0.3) is 0 Å². The normalized spacial score (nSPS) is 14.1. The fourth-order valence-electron chi connectivity index (χ4n) is 3.07. The fourth-order valence-corrected chi connectivity index (χ4v) is 3.07. The first-order valence-corrected chi connectivity index (χ1v) is 10.0. The van der Waals surface area contributed by atoms with E-state index in [0.29, 0.717) is 42.1 Å². The molecule has 1 aromatic heterocycles. The van der Waals surface area contributed by atoms with Crippen molar-refractivity contribution in [2.45, 2.75) is 45.6 Å². The number of amides is 1. The molecule has 1 fully saturated rings. The number of aromatic nitrogens is 3. The quantitative estimate of drug-likeness (QED) is 0.642. The molecule has 3 rings (SSSR count). The summed E-state index contributed by atoms with van der Waals surface area (Å²) in [5.74, 6) is 1.03. The molecule has 0 aliphatic carbocycles. The summed E-state index contributed by atoms with van der Waals surface area (Å²) >= 11 is 0. The number of hydrogen-bond acceptors (Lipinski definition) is 6. The molecule has 160 valence electrons. The van der Waals surface area contributed by atoms with Gasteiger partial charge in [0.15, 0.2) is 17.2 Å². The number of piperidine rings is 1. The van der Waals surface area contributed by atoms with Crippen LogP contribution in [0.3, 0.4) is 0 Å². The van der Waals surface area contributed by atoms with Crippen molar-refractivity contribution >= 4 is 24.0 Å². The number of carbonyl (C=O) groups excluding carboxylic acids is 1. The molecule has 8 nitrogen and oxygen atoms in total. The second kappa shape index (κ2) is 11.6. The van der Waals surface area contributed by atoms with E-state index in [2.05, 4.69) is 27.9 Å². The van der Waals surface area contributed by atoms with Crippen molar-refractivity contribution in [1.82, 2.24) is 20.3 Å². The number of anilines is 1. The standard InChI is InChI=1S/C20H29N5O3.ClH/c1-3-11-27-18-6-5-15(13-19(18)28-12-4-2)22-20(26)17-14-25(24-23-17)16-7-9-21-10-8-16;/h5-6,13-14,16,21H,3-4,7-12H2,1-2H3,(H,22,26);1H. The summed E-state index contributed by atoms with van der Waals surface area (Å²) in [5.41, 5.74) is 0.942. The molecule has 0 bridgehead atoms. The van der Waals surface area contributed by atoms with Gasteiger partial charge in [0.1, 0.15) is 0 Å². The first kappa shape index (κ1) is 23.0. The Morgan fingerprint density at radius 1 is 1.17 bits per heavy atom. The highest BCUT2D eigenvalue weighted by atomic mass is 35.5. The van der Waals surface area contributed by atoms with Gasteiger partial charge in [-0.15, -0.1) is 17.5 Å². The molecule has 0 spiro atoms. The van der Waals surface area contributed by atoms with Crippen molar-refractivity contribution in [2.24, 2.45) is 0 Å². The molecule has 0 radical (unpaired) electrons. The minimum Gasteiger partial charge on any atom is -0.490 e. The molecule has 29 heavy (non-hydrogen) atoms. The molecule has 0 atom stereocenters. The molecule has 1 aliphatic heterocycles. The van der Waals surface area contributed by atoms with Crippen LogP contribution in [0, 0.1) is 0 Å². The number of benzene rings is 1. The maximum atomic E-state index is 12.6. The van der Waals surface area contributed by atoms with Gasteiger partial charge in [-0.2, -0.15) is 0 Å². The molecule has 1 saturated heterocycles. The number of nitrogens with one attached hydrogen (secondary N) is 2. The van der Waals surface area contributed by atoms with Gasteiger partial charge in [0.2, 0.25) is 0 Å². The molecule has 2 N–H and O–H groups in total. The van der Waals surface area contributed by atoms with Gasteiger partial charge in [-0.3, -0.25) is 4.79 Å². The van der Waals surface area contributed by atoms with Gasteiger partial charge in [0.05, 0.1) is 25.5 Å². The van der Waals surface area contributed by atoms with Gasteiger partial charge in [0, 0.05) is 11.8 Å². The van der Waals surface area contributed by atoms with Gasteiger partial charge < -0.3 is 20.1 Å². The number of carbonyl (C=O) groups is 1. The van der Waals surface area contributed by atoms with Gasteiger partial charge >= 0.3 is 0 Å². The molecule has 2 aromatic rings. The summed E-state index contributed by atoms with van der Waals surface area (Å²) in [7, 11) is 0. The Bertz CT molecular complexity index is 777. The van der Waals surface area contributed by atoms with Crippen LogP contribution in [-0.4, -0.2) is 47.2 Å². The van der Waals surface area contributed by atoms with Crippen LogP contribution < -0.4 is 20.1 Å². The highest BCUT2D eigenvalue weighted by molar-refractivity contribution is 6.02. The maximum Gasteiger partial charge on any atom is 0.277 e. The van der Waals surface area contributed by atoms with Crippen LogP contribution in [-0.2, 0) is 0 Å². The third kappa shape index (κ3) is 6.33. The van der Waals surface area contributed by atoms with Gasteiger partial charge in [-0.05, 0) is 50.9 Å². The van der Waals surface area contributed by atoms with Gasteiger partial charge in [-0.25, -0.2) is 4.68 Å². The monoisotopic (exact) mass is 423 g/mol. The predicted molar refractivity (Wildman–Crippen MR) is 114 cm³/mol. The van der Waals surface area contributed by atoms with Crippen molar-refractivity contribution < 1.29 is 14.3 Å². The van der Waals surface area contributed by atoms with Crippen LogP contribution >= 0.6 is 12.4 Å². The van der Waals surface area contributed by atoms with Crippen LogP contribution in [0.2, 0.25) is 0 Å². The van der Waals surface area contributed by atoms with E-state index in [-0.39, 0.29) is 18.3 Å². The Kier molecular flexibility index (Phi) is 9.21. The molecule has 0 unspecified atom stereocenters. The number of halogens is 1. The van der Waals surface area contributed by atoms with Crippen LogP contribution in [0.15, 0.2) is 24.4 Å². The molecule has 9 heteroatoms. The zero-order chi connectivity index (χ0) is 19.8. The van der Waals surface area contributed by atoms with E-state index >= 15 is 0 Å². The summed E-state index contributed by atoms with van der Waals surface area (Å²) in [6.07, 6.45) is 5.50. The number of nitrogens with zero attached hydrogens (tertiary/aromatic N) is 3. The minimum absolute atomic E-state index is 0. The van der Waals surface area contributed by atoms with Gasteiger partial charge in [-0.1, -0.05) is 19.1 Å². The molecule has 1 aromatic carbocycles. The summed E-state index contributed by atoms with van der Waals surface area (Å²) in [4.78, 5) is 12.6. The molecule has 1 aliphatic rings. The Morgan fingerprint density at radius 3 is 2.55 bits per heavy atom. The van der Waals surface area contributed by atoms with Crippen molar-refractivity contribution in [3.05, 3.63) is 30.1 Å². The Labute approximate surface area is 177 Å². The highest BCUT2D eigenvalue weighted by Gasteiger charge is 2.19. The lowest BCUT2D eigenvalue weighted by Crippen LogP contribution is -2.29. The molecule has 0 saturated carbocycles. The van der Waals surface area contributed by atoms with E-state index in [1.165, 1.54) is 0 Å². The van der Waals surface area contributed by atoms with E-state index in [4.69, 9.17) is 9.47 Å². The largest absolute Gasteiger partial charge is 0.490 e. The molecular weight excluding hydrogens is 394 g/mol. The number of ether oxygens (including phenoxy) is 2. The third-order valence-corrected chi connectivity index (χ3v) is 4.55. The van der Waals surface area contributed by atoms with Crippen LogP contribution in [0.5, 0.6) is 11.5 Å². The topological polar surface area (TPSA) is 90.3 Å². The fraction of sp³-hybridized carbons (Fsp3) is 0.550. The van der Waals surface area contributed by atoms with E-state index in [9.17, 15) is 4.79 Å². The Hall–Kier alpha value is -2.32. The summed E-state index contributed by atoms with van der Waals surface area (Å²) in [5, 5.41) is 14.4. The lowest BCUT2D eigenvalue weighted by Gasteiger charge is -2.22. The lowest BCUT2D eigenvalue weighted by atomic mass is 10.1. The minimum atomic E-state index is -0.288. The second-order valence-corrected chi connectivity index (χ2v) is 6.88. The van der Waals surface area contributed by atoms with Crippen molar-refractivity contribution in [3.63, 3.8) is 0 Å². The molecular formula is C20H30ClN5O3. The number of hydrogen-bond donors (Lipinski definition) is 2. The van der Waals surface area contributed by atoms with E-state index in [0.717, 1.165) is 38.8 Å². The molecule has 2 heterocycles. The third-order valence-electron chi connectivity index (χ3n) is 4.55. The summed E-state index contributed by atoms with van der Waals surface area (Å²) in [6.45, 7) is 7.22. The zero-order valence-corrected chi connectivity index (χ0v) is 17.8. The second-order valence-electron chi connectivity index (χ2n) is 6.88. The predicted octanol–water partition coefficient (Wildman–Crippen LogP) is 3.45. The first-order valence-electron chi connectivity index (χ1n) is 10.0. The highest BCUT2D eigenvalue weighted by Crippen LogP contribution is 2.31. The van der Waals surface area contributed by atoms with E-state index < -0.39 is 0 Å².